The lowest BCUT2D eigenvalue weighted by Crippen LogP contribution is -2.47. The number of halogens is 1. The van der Waals surface area contributed by atoms with Gasteiger partial charge in [-0.05, 0) is 47.2 Å². The molecule has 2 aromatic rings. The van der Waals surface area contributed by atoms with Gasteiger partial charge in [0.05, 0.1) is 12.4 Å². The molecule has 154 valence electrons. The number of aromatic nitrogens is 2. The third-order valence-electron chi connectivity index (χ3n) is 6.36. The summed E-state index contributed by atoms with van der Waals surface area (Å²) in [6.45, 7) is 5.14. The summed E-state index contributed by atoms with van der Waals surface area (Å²) in [6, 6.07) is 6.75. The van der Waals surface area contributed by atoms with E-state index in [9.17, 15) is 0 Å². The van der Waals surface area contributed by atoms with Gasteiger partial charge in [-0.25, -0.2) is 4.98 Å². The smallest absolute Gasteiger partial charge is 0.0922 e. The molecule has 3 aliphatic rings. The Morgan fingerprint density at radius 2 is 1.83 bits per heavy atom. The molecule has 0 saturated carbocycles. The van der Waals surface area contributed by atoms with E-state index in [0.29, 0.717) is 0 Å². The summed E-state index contributed by atoms with van der Waals surface area (Å²) in [6.07, 6.45) is 19.0. The van der Waals surface area contributed by atoms with E-state index in [4.69, 9.17) is 11.6 Å². The second-order valence-corrected chi connectivity index (χ2v) is 8.65. The topological polar surface area (TPSA) is 35.2 Å². The van der Waals surface area contributed by atoms with E-state index < -0.39 is 0 Å². The van der Waals surface area contributed by atoms with Crippen LogP contribution in [0, 0.1) is 0 Å². The SMILES string of the molecule is Clc1ccc2c(c1)CCC1=C/C=C\C=C\C=C\1C2N1CCN(Cc2cnc[nH]2)CC1. The van der Waals surface area contributed by atoms with Crippen molar-refractivity contribution in [2.75, 3.05) is 26.2 Å². The first-order valence-electron chi connectivity index (χ1n) is 10.7. The molecule has 30 heavy (non-hydrogen) atoms. The molecule has 0 spiro atoms. The molecule has 1 atom stereocenters. The van der Waals surface area contributed by atoms with Crippen LogP contribution in [0.15, 0.2) is 78.3 Å². The summed E-state index contributed by atoms with van der Waals surface area (Å²) in [7, 11) is 0. The normalized spacial score (nSPS) is 28.0. The molecule has 1 fully saturated rings. The summed E-state index contributed by atoms with van der Waals surface area (Å²) in [5.41, 5.74) is 6.84. The third kappa shape index (κ3) is 4.08. The van der Waals surface area contributed by atoms with Gasteiger partial charge in [0.2, 0.25) is 0 Å². The number of aryl methyl sites for hydroxylation is 1. The molecule has 1 saturated heterocycles. The summed E-state index contributed by atoms with van der Waals surface area (Å²) in [4.78, 5) is 12.5. The number of imidazole rings is 1. The average Bonchev–Trinajstić information content (AvgIpc) is 3.19. The molecule has 0 radical (unpaired) electrons. The van der Waals surface area contributed by atoms with Crippen LogP contribution in [0.2, 0.25) is 5.02 Å². The highest BCUT2D eigenvalue weighted by molar-refractivity contribution is 6.30. The number of nitrogens with zero attached hydrogens (tertiary/aromatic N) is 3. The van der Waals surface area contributed by atoms with E-state index in [-0.39, 0.29) is 6.04 Å². The van der Waals surface area contributed by atoms with Gasteiger partial charge >= 0.3 is 0 Å². The first kappa shape index (κ1) is 19.6. The predicted octanol–water partition coefficient (Wildman–Crippen LogP) is 4.85. The lowest BCUT2D eigenvalue weighted by atomic mass is 9.90. The van der Waals surface area contributed by atoms with Gasteiger partial charge in [-0.15, -0.1) is 0 Å². The van der Waals surface area contributed by atoms with Crippen molar-refractivity contribution in [2.45, 2.75) is 25.4 Å². The zero-order valence-corrected chi connectivity index (χ0v) is 17.9. The van der Waals surface area contributed by atoms with Gasteiger partial charge < -0.3 is 4.98 Å². The minimum atomic E-state index is 0.275. The van der Waals surface area contributed by atoms with Crippen LogP contribution >= 0.6 is 11.6 Å². The van der Waals surface area contributed by atoms with Crippen LogP contribution in [-0.4, -0.2) is 45.9 Å². The van der Waals surface area contributed by atoms with Crippen LogP contribution in [0.5, 0.6) is 0 Å². The molecule has 0 bridgehead atoms. The second kappa shape index (κ2) is 8.76. The van der Waals surface area contributed by atoms with Gasteiger partial charge in [0.1, 0.15) is 0 Å². The molecule has 1 unspecified atom stereocenters. The molecule has 1 aromatic carbocycles. The minimum Gasteiger partial charge on any atom is -0.347 e. The van der Waals surface area contributed by atoms with E-state index in [1.807, 2.05) is 6.20 Å². The Bertz CT molecular complexity index is 1010. The quantitative estimate of drug-likeness (QED) is 0.774. The van der Waals surface area contributed by atoms with E-state index in [2.05, 4.69) is 74.4 Å². The first-order chi connectivity index (χ1) is 14.8. The Hall–Kier alpha value is -2.40. The van der Waals surface area contributed by atoms with Gasteiger partial charge in [-0.3, -0.25) is 9.80 Å². The molecule has 2 aliphatic carbocycles. The molecule has 2 heterocycles. The fourth-order valence-corrected chi connectivity index (χ4v) is 5.03. The largest absolute Gasteiger partial charge is 0.347 e. The van der Waals surface area contributed by atoms with E-state index in [0.717, 1.165) is 50.6 Å². The Balaban J connectivity index is 1.45. The number of aromatic amines is 1. The number of hydrogen-bond donors (Lipinski definition) is 1. The summed E-state index contributed by atoms with van der Waals surface area (Å²) in [5.74, 6) is 0. The number of allylic oxidation sites excluding steroid dienone is 6. The van der Waals surface area contributed by atoms with E-state index in [1.54, 1.807) is 6.33 Å². The second-order valence-electron chi connectivity index (χ2n) is 8.22. The number of piperazine rings is 1. The van der Waals surface area contributed by atoms with Gasteiger partial charge in [0.15, 0.2) is 0 Å². The van der Waals surface area contributed by atoms with Crippen LogP contribution in [0.3, 0.4) is 0 Å². The molecular weight excluding hydrogens is 392 g/mol. The lowest BCUT2D eigenvalue weighted by molar-refractivity contribution is 0.103. The highest BCUT2D eigenvalue weighted by Gasteiger charge is 2.32. The van der Waals surface area contributed by atoms with Crippen molar-refractivity contribution in [1.29, 1.82) is 0 Å². The number of H-pyrrole nitrogens is 1. The monoisotopic (exact) mass is 418 g/mol. The Morgan fingerprint density at radius 3 is 2.63 bits per heavy atom. The Labute approximate surface area is 183 Å². The first-order valence-corrected chi connectivity index (χ1v) is 11.1. The highest BCUT2D eigenvalue weighted by Crippen LogP contribution is 2.41. The van der Waals surface area contributed by atoms with Crippen LogP contribution in [0.25, 0.3) is 0 Å². The fraction of sp³-hybridized carbons (Fsp3) is 0.320. The summed E-state index contributed by atoms with van der Waals surface area (Å²) in [5, 5.41) is 0.832. The van der Waals surface area contributed by atoms with E-state index in [1.165, 1.54) is 28.0 Å². The van der Waals surface area contributed by atoms with Crippen molar-refractivity contribution in [1.82, 2.24) is 19.8 Å². The highest BCUT2D eigenvalue weighted by atomic mass is 35.5. The summed E-state index contributed by atoms with van der Waals surface area (Å²) >= 11 is 6.38. The molecule has 5 rings (SSSR count). The number of fused-ring (bicyclic) bond motifs is 2. The van der Waals surface area contributed by atoms with Crippen molar-refractivity contribution >= 4 is 11.6 Å². The van der Waals surface area contributed by atoms with Crippen molar-refractivity contribution in [3.05, 3.63) is 100 Å². The summed E-state index contributed by atoms with van der Waals surface area (Å²) < 4.78 is 0. The van der Waals surface area contributed by atoms with Gasteiger partial charge in [-0.1, -0.05) is 54.1 Å². The van der Waals surface area contributed by atoms with Crippen molar-refractivity contribution in [3.63, 3.8) is 0 Å². The molecular formula is C25H27ClN4. The standard InChI is InChI=1S/C25H27ClN4/c26-21-9-10-24-20(15-21)8-7-19-5-3-1-2-4-6-23(19)25(24)30-13-11-29(12-14-30)17-22-16-27-18-28-22/h1-6,9-10,15-16,18,25H,7-8,11-14,17H2,(H,27,28)/b2-1?,3-1-,4-2+,5-3?,6-4?,19-5-,23-6-. The fourth-order valence-electron chi connectivity index (χ4n) is 4.84. The number of rotatable bonds is 3. The van der Waals surface area contributed by atoms with Crippen molar-refractivity contribution < 1.29 is 0 Å². The maximum Gasteiger partial charge on any atom is 0.0922 e. The van der Waals surface area contributed by atoms with Gasteiger partial charge in [0.25, 0.3) is 0 Å². The number of hydrogen-bond acceptors (Lipinski definition) is 3. The van der Waals surface area contributed by atoms with Crippen molar-refractivity contribution in [3.8, 4) is 0 Å². The zero-order valence-electron chi connectivity index (χ0n) is 17.1. The van der Waals surface area contributed by atoms with E-state index >= 15 is 0 Å². The number of nitrogens with one attached hydrogen (secondary N) is 1. The number of benzene rings is 1. The maximum absolute atomic E-state index is 6.38. The molecule has 1 aromatic heterocycles. The molecule has 0 amide bonds. The van der Waals surface area contributed by atoms with Crippen LogP contribution in [0.4, 0.5) is 0 Å². The predicted molar refractivity (Wildman–Crippen MR) is 122 cm³/mol. The van der Waals surface area contributed by atoms with Crippen LogP contribution < -0.4 is 0 Å². The molecule has 5 heteroatoms. The van der Waals surface area contributed by atoms with Gasteiger partial charge in [-0.2, -0.15) is 0 Å². The zero-order chi connectivity index (χ0) is 20.3. The lowest BCUT2D eigenvalue weighted by Gasteiger charge is -2.40. The molecule has 1 N–H and O–H groups in total. The maximum atomic E-state index is 6.38. The van der Waals surface area contributed by atoms with Crippen LogP contribution in [-0.2, 0) is 13.0 Å². The molecule has 1 aliphatic heterocycles. The third-order valence-corrected chi connectivity index (χ3v) is 6.59. The Kier molecular flexibility index (Phi) is 5.71. The Morgan fingerprint density at radius 1 is 1.00 bits per heavy atom. The minimum absolute atomic E-state index is 0.275. The molecule has 4 nitrogen and oxygen atoms in total. The van der Waals surface area contributed by atoms with Crippen LogP contribution in [0.1, 0.15) is 29.3 Å². The van der Waals surface area contributed by atoms with Gasteiger partial charge in [0, 0.05) is 49.6 Å². The average molecular weight is 419 g/mol. The van der Waals surface area contributed by atoms with Crippen molar-refractivity contribution in [2.24, 2.45) is 0 Å².